The largest absolute Gasteiger partial charge is 0.462 e. The van der Waals surface area contributed by atoms with Gasteiger partial charge in [-0.2, -0.15) is 0 Å². The van der Waals surface area contributed by atoms with E-state index in [0.717, 1.165) is 13.0 Å². The molecule has 0 radical (unpaired) electrons. The molecule has 0 aliphatic heterocycles. The van der Waals surface area contributed by atoms with Gasteiger partial charge in [-0.25, -0.2) is 0 Å². The standard InChI is InChI=1S/C14H21NO2/c1-11(2)17-14(16)10-15-8-7-13-6-4-5-12(3)9-13/h4-6,9,11,15H,7-8,10H2,1-3H3. The van der Waals surface area contributed by atoms with Gasteiger partial charge in [-0.3, -0.25) is 4.79 Å². The fourth-order valence-electron chi connectivity index (χ4n) is 1.60. The van der Waals surface area contributed by atoms with Crippen LogP contribution < -0.4 is 5.32 Å². The Balaban J connectivity index is 2.18. The molecule has 1 aromatic carbocycles. The molecule has 0 saturated carbocycles. The van der Waals surface area contributed by atoms with Gasteiger partial charge in [0.05, 0.1) is 12.6 Å². The average Bonchev–Trinajstić information content (AvgIpc) is 2.23. The molecule has 1 N–H and O–H groups in total. The van der Waals surface area contributed by atoms with Gasteiger partial charge in [-0.05, 0) is 39.3 Å². The third-order valence-electron chi connectivity index (χ3n) is 2.31. The summed E-state index contributed by atoms with van der Waals surface area (Å²) < 4.78 is 5.02. The molecule has 17 heavy (non-hydrogen) atoms. The number of carbonyl (C=O) groups is 1. The Kier molecular flexibility index (Phi) is 5.70. The molecule has 1 aromatic rings. The molecule has 0 heterocycles. The SMILES string of the molecule is Cc1cccc(CCNCC(=O)OC(C)C)c1. The molecule has 0 aromatic heterocycles. The minimum absolute atomic E-state index is 0.0407. The van der Waals surface area contributed by atoms with Crippen molar-refractivity contribution >= 4 is 5.97 Å². The van der Waals surface area contributed by atoms with E-state index in [9.17, 15) is 4.79 Å². The van der Waals surface area contributed by atoms with Gasteiger partial charge >= 0.3 is 5.97 Å². The van der Waals surface area contributed by atoms with E-state index in [1.54, 1.807) is 0 Å². The summed E-state index contributed by atoms with van der Waals surface area (Å²) in [6.07, 6.45) is 0.887. The lowest BCUT2D eigenvalue weighted by Gasteiger charge is -2.08. The number of benzene rings is 1. The van der Waals surface area contributed by atoms with E-state index >= 15 is 0 Å². The zero-order valence-corrected chi connectivity index (χ0v) is 10.8. The first-order valence-corrected chi connectivity index (χ1v) is 6.03. The number of carbonyl (C=O) groups excluding carboxylic acids is 1. The van der Waals surface area contributed by atoms with E-state index in [2.05, 4.69) is 36.5 Å². The number of nitrogens with one attached hydrogen (secondary N) is 1. The highest BCUT2D eigenvalue weighted by atomic mass is 16.5. The Morgan fingerprint density at radius 1 is 1.41 bits per heavy atom. The second kappa shape index (κ2) is 7.07. The van der Waals surface area contributed by atoms with Gasteiger partial charge in [0.25, 0.3) is 0 Å². The summed E-state index contributed by atoms with van der Waals surface area (Å²) in [6, 6.07) is 8.39. The second-order valence-corrected chi connectivity index (χ2v) is 4.45. The van der Waals surface area contributed by atoms with Crippen LogP contribution in [-0.4, -0.2) is 25.2 Å². The zero-order chi connectivity index (χ0) is 12.7. The van der Waals surface area contributed by atoms with Crippen LogP contribution in [0.1, 0.15) is 25.0 Å². The summed E-state index contributed by atoms with van der Waals surface area (Å²) in [5, 5.41) is 3.08. The molecule has 0 saturated heterocycles. The minimum atomic E-state index is -0.191. The predicted molar refractivity (Wildman–Crippen MR) is 69.0 cm³/mol. The van der Waals surface area contributed by atoms with Crippen LogP contribution in [-0.2, 0) is 16.0 Å². The molecule has 3 nitrogen and oxygen atoms in total. The van der Waals surface area contributed by atoms with Crippen molar-refractivity contribution in [1.82, 2.24) is 5.32 Å². The maximum absolute atomic E-state index is 11.2. The van der Waals surface area contributed by atoms with Crippen molar-refractivity contribution in [2.75, 3.05) is 13.1 Å². The monoisotopic (exact) mass is 235 g/mol. The third-order valence-corrected chi connectivity index (χ3v) is 2.31. The molecule has 0 aliphatic carbocycles. The number of rotatable bonds is 6. The maximum Gasteiger partial charge on any atom is 0.320 e. The molecule has 3 heteroatoms. The summed E-state index contributed by atoms with van der Waals surface area (Å²) in [6.45, 7) is 6.85. The summed E-state index contributed by atoms with van der Waals surface area (Å²) >= 11 is 0. The molecular weight excluding hydrogens is 214 g/mol. The van der Waals surface area contributed by atoms with E-state index in [4.69, 9.17) is 4.74 Å². The van der Waals surface area contributed by atoms with Gasteiger partial charge in [0.2, 0.25) is 0 Å². The highest BCUT2D eigenvalue weighted by Gasteiger charge is 2.03. The van der Waals surface area contributed by atoms with E-state index in [0.29, 0.717) is 0 Å². The third kappa shape index (κ3) is 6.07. The molecule has 0 fully saturated rings. The number of hydrogen-bond donors (Lipinski definition) is 1. The van der Waals surface area contributed by atoms with Crippen LogP contribution in [0.4, 0.5) is 0 Å². The quantitative estimate of drug-likeness (QED) is 0.606. The fraction of sp³-hybridized carbons (Fsp3) is 0.500. The number of ether oxygens (including phenoxy) is 1. The van der Waals surface area contributed by atoms with Crippen molar-refractivity contribution in [1.29, 1.82) is 0 Å². The van der Waals surface area contributed by atoms with Crippen molar-refractivity contribution in [3.63, 3.8) is 0 Å². The normalized spacial score (nSPS) is 10.6. The smallest absolute Gasteiger partial charge is 0.320 e. The maximum atomic E-state index is 11.2. The van der Waals surface area contributed by atoms with Gasteiger partial charge in [0.15, 0.2) is 0 Å². The van der Waals surface area contributed by atoms with Gasteiger partial charge in [-0.1, -0.05) is 29.8 Å². The molecule has 0 atom stereocenters. The van der Waals surface area contributed by atoms with Gasteiger partial charge in [0, 0.05) is 0 Å². The Morgan fingerprint density at radius 2 is 2.18 bits per heavy atom. The zero-order valence-electron chi connectivity index (χ0n) is 10.8. The summed E-state index contributed by atoms with van der Waals surface area (Å²) in [4.78, 5) is 11.2. The summed E-state index contributed by atoms with van der Waals surface area (Å²) in [5.41, 5.74) is 2.55. The van der Waals surface area contributed by atoms with Gasteiger partial charge < -0.3 is 10.1 Å². The fourth-order valence-corrected chi connectivity index (χ4v) is 1.60. The number of hydrogen-bond acceptors (Lipinski definition) is 3. The van der Waals surface area contributed by atoms with Crippen molar-refractivity contribution in [2.45, 2.75) is 33.3 Å². The van der Waals surface area contributed by atoms with Crippen LogP contribution in [0, 0.1) is 6.92 Å². The van der Waals surface area contributed by atoms with Crippen LogP contribution >= 0.6 is 0 Å². The Hall–Kier alpha value is -1.35. The molecule has 1 rings (SSSR count). The minimum Gasteiger partial charge on any atom is -0.462 e. The summed E-state index contributed by atoms with van der Waals surface area (Å²) in [7, 11) is 0. The summed E-state index contributed by atoms with van der Waals surface area (Å²) in [5.74, 6) is -0.191. The first kappa shape index (κ1) is 13.7. The Bertz CT molecular complexity index is 361. The van der Waals surface area contributed by atoms with E-state index < -0.39 is 0 Å². The van der Waals surface area contributed by atoms with Crippen molar-refractivity contribution in [3.8, 4) is 0 Å². The van der Waals surface area contributed by atoms with E-state index in [-0.39, 0.29) is 18.6 Å². The molecule has 0 unspecified atom stereocenters. The Labute approximate surface area is 103 Å². The van der Waals surface area contributed by atoms with Gasteiger partial charge in [-0.15, -0.1) is 0 Å². The number of aryl methyl sites for hydroxylation is 1. The lowest BCUT2D eigenvalue weighted by Crippen LogP contribution is -2.28. The van der Waals surface area contributed by atoms with Crippen molar-refractivity contribution < 1.29 is 9.53 Å². The second-order valence-electron chi connectivity index (χ2n) is 4.45. The molecular formula is C14H21NO2. The van der Waals surface area contributed by atoms with Crippen LogP contribution in [0.3, 0.4) is 0 Å². The van der Waals surface area contributed by atoms with Crippen LogP contribution in [0.15, 0.2) is 24.3 Å². The highest BCUT2D eigenvalue weighted by molar-refractivity contribution is 5.71. The van der Waals surface area contributed by atoms with Crippen molar-refractivity contribution in [2.24, 2.45) is 0 Å². The molecule has 0 amide bonds. The Morgan fingerprint density at radius 3 is 2.82 bits per heavy atom. The van der Waals surface area contributed by atoms with Crippen LogP contribution in [0.2, 0.25) is 0 Å². The molecule has 0 spiro atoms. The lowest BCUT2D eigenvalue weighted by molar-refractivity contribution is -0.146. The first-order valence-electron chi connectivity index (χ1n) is 6.03. The lowest BCUT2D eigenvalue weighted by atomic mass is 10.1. The molecule has 0 bridgehead atoms. The molecule has 94 valence electrons. The highest BCUT2D eigenvalue weighted by Crippen LogP contribution is 2.03. The number of esters is 1. The van der Waals surface area contributed by atoms with Crippen molar-refractivity contribution in [3.05, 3.63) is 35.4 Å². The van der Waals surface area contributed by atoms with E-state index in [1.165, 1.54) is 11.1 Å². The average molecular weight is 235 g/mol. The topological polar surface area (TPSA) is 38.3 Å². The first-order chi connectivity index (χ1) is 8.08. The predicted octanol–water partition coefficient (Wildman–Crippen LogP) is 2.08. The molecule has 0 aliphatic rings. The van der Waals surface area contributed by atoms with Gasteiger partial charge in [0.1, 0.15) is 0 Å². The van der Waals surface area contributed by atoms with Crippen LogP contribution in [0.5, 0.6) is 0 Å². The van der Waals surface area contributed by atoms with E-state index in [1.807, 2.05) is 13.8 Å². The van der Waals surface area contributed by atoms with Crippen LogP contribution in [0.25, 0.3) is 0 Å².